The maximum absolute atomic E-state index is 10.8. The van der Waals surface area contributed by atoms with Gasteiger partial charge in [-0.2, -0.15) is 0 Å². The average Bonchev–Trinajstić information content (AvgIpc) is 2.61. The van der Waals surface area contributed by atoms with E-state index in [4.69, 9.17) is 9.47 Å². The lowest BCUT2D eigenvalue weighted by Gasteiger charge is -2.56. The van der Waals surface area contributed by atoms with Gasteiger partial charge in [-0.3, -0.25) is 4.79 Å². The molecule has 1 heterocycles. The van der Waals surface area contributed by atoms with E-state index >= 15 is 0 Å². The van der Waals surface area contributed by atoms with Crippen LogP contribution in [0.2, 0.25) is 0 Å². The Balaban J connectivity index is 2.41. The van der Waals surface area contributed by atoms with Crippen LogP contribution in [-0.2, 0) is 14.3 Å². The Morgan fingerprint density at radius 2 is 1.94 bits per heavy atom. The predicted octanol–water partition coefficient (Wildman–Crippen LogP) is 3.07. The van der Waals surface area contributed by atoms with Gasteiger partial charge in [-0.15, -0.1) is 0 Å². The van der Waals surface area contributed by atoms with Crippen LogP contribution in [0.4, 0.5) is 0 Å². The second-order valence-electron chi connectivity index (χ2n) is 6.48. The highest BCUT2D eigenvalue weighted by molar-refractivity contribution is 5.39. The van der Waals surface area contributed by atoms with E-state index in [0.717, 1.165) is 32.1 Å². The van der Waals surface area contributed by atoms with Crippen molar-refractivity contribution in [1.29, 1.82) is 0 Å². The Morgan fingerprint density at radius 1 is 1.24 bits per heavy atom. The van der Waals surface area contributed by atoms with Crippen molar-refractivity contribution in [3.05, 3.63) is 0 Å². The summed E-state index contributed by atoms with van der Waals surface area (Å²) >= 11 is 0. The highest BCUT2D eigenvalue weighted by Gasteiger charge is 2.64. The zero-order chi connectivity index (χ0) is 12.7. The molecule has 0 aromatic carbocycles. The van der Waals surface area contributed by atoms with Crippen LogP contribution in [0.25, 0.3) is 0 Å². The predicted molar refractivity (Wildman–Crippen MR) is 65.7 cm³/mol. The number of hydrogen-bond donors (Lipinski definition) is 0. The standard InChI is InChI=1S/C14H24O3/c1-11-6-9-14(17-11)12(2,3)7-5-8-13(14,4)16-10-15/h10-11H,5-9H2,1-4H3. The normalized spacial score (nSPS) is 44.8. The van der Waals surface area contributed by atoms with Crippen molar-refractivity contribution in [3.8, 4) is 0 Å². The van der Waals surface area contributed by atoms with Crippen molar-refractivity contribution in [3.63, 3.8) is 0 Å². The minimum Gasteiger partial charge on any atom is -0.458 e. The molecule has 0 aromatic rings. The monoisotopic (exact) mass is 240 g/mol. The second kappa shape index (κ2) is 3.98. The molecule has 1 aliphatic heterocycles. The van der Waals surface area contributed by atoms with Gasteiger partial charge in [0.2, 0.25) is 0 Å². The summed E-state index contributed by atoms with van der Waals surface area (Å²) in [5, 5.41) is 0. The van der Waals surface area contributed by atoms with Crippen LogP contribution in [0.3, 0.4) is 0 Å². The van der Waals surface area contributed by atoms with Gasteiger partial charge < -0.3 is 9.47 Å². The van der Waals surface area contributed by atoms with Crippen molar-refractivity contribution >= 4 is 6.47 Å². The van der Waals surface area contributed by atoms with Gasteiger partial charge in [-0.1, -0.05) is 13.8 Å². The van der Waals surface area contributed by atoms with Crippen molar-refractivity contribution in [2.45, 2.75) is 77.1 Å². The molecule has 0 aromatic heterocycles. The van der Waals surface area contributed by atoms with Crippen LogP contribution in [0.1, 0.15) is 59.8 Å². The molecule has 3 heteroatoms. The first-order chi connectivity index (χ1) is 7.87. The third-order valence-corrected chi connectivity index (χ3v) is 5.02. The Bertz CT molecular complexity index is 313. The largest absolute Gasteiger partial charge is 0.458 e. The van der Waals surface area contributed by atoms with Crippen molar-refractivity contribution in [1.82, 2.24) is 0 Å². The second-order valence-corrected chi connectivity index (χ2v) is 6.48. The highest BCUT2D eigenvalue weighted by atomic mass is 16.6. The number of carbonyl (C=O) groups excluding carboxylic acids is 1. The number of rotatable bonds is 2. The molecular formula is C14H24O3. The molecule has 1 saturated carbocycles. The molecule has 1 aliphatic carbocycles. The summed E-state index contributed by atoms with van der Waals surface area (Å²) in [5.41, 5.74) is -0.715. The first kappa shape index (κ1) is 12.9. The van der Waals surface area contributed by atoms with E-state index in [1.165, 1.54) is 0 Å². The fourth-order valence-corrected chi connectivity index (χ4v) is 4.00. The minimum absolute atomic E-state index is 0.0633. The molecule has 2 rings (SSSR count). The quantitative estimate of drug-likeness (QED) is 0.696. The lowest BCUT2D eigenvalue weighted by Crippen LogP contribution is -2.64. The molecule has 2 fully saturated rings. The molecule has 17 heavy (non-hydrogen) atoms. The van der Waals surface area contributed by atoms with E-state index in [1.807, 2.05) is 6.92 Å². The molecule has 0 bridgehead atoms. The van der Waals surface area contributed by atoms with E-state index in [2.05, 4.69) is 20.8 Å². The van der Waals surface area contributed by atoms with E-state index in [-0.39, 0.29) is 17.1 Å². The summed E-state index contributed by atoms with van der Waals surface area (Å²) in [5.74, 6) is 0. The molecule has 3 unspecified atom stereocenters. The Kier molecular flexibility index (Phi) is 3.01. The van der Waals surface area contributed by atoms with Crippen LogP contribution in [0, 0.1) is 5.41 Å². The van der Waals surface area contributed by atoms with Crippen molar-refractivity contribution in [2.24, 2.45) is 5.41 Å². The number of ether oxygens (including phenoxy) is 2. The van der Waals surface area contributed by atoms with Crippen molar-refractivity contribution < 1.29 is 14.3 Å². The third kappa shape index (κ3) is 1.70. The van der Waals surface area contributed by atoms with E-state index in [9.17, 15) is 4.79 Å². The summed E-state index contributed by atoms with van der Waals surface area (Å²) in [6.07, 6.45) is 5.45. The average molecular weight is 240 g/mol. The molecule has 3 atom stereocenters. The topological polar surface area (TPSA) is 35.5 Å². The zero-order valence-corrected chi connectivity index (χ0v) is 11.4. The first-order valence-corrected chi connectivity index (χ1v) is 6.66. The molecule has 0 N–H and O–H groups in total. The fraction of sp³-hybridized carbons (Fsp3) is 0.929. The molecule has 2 aliphatic rings. The van der Waals surface area contributed by atoms with Gasteiger partial charge in [0.05, 0.1) is 6.10 Å². The van der Waals surface area contributed by atoms with Gasteiger partial charge in [0.15, 0.2) is 0 Å². The molecule has 0 radical (unpaired) electrons. The number of hydrogen-bond acceptors (Lipinski definition) is 3. The van der Waals surface area contributed by atoms with Gasteiger partial charge in [0.25, 0.3) is 6.47 Å². The maximum Gasteiger partial charge on any atom is 0.293 e. The molecule has 1 spiro atoms. The minimum atomic E-state index is -0.471. The van der Waals surface area contributed by atoms with Crippen LogP contribution < -0.4 is 0 Å². The van der Waals surface area contributed by atoms with Crippen LogP contribution >= 0.6 is 0 Å². The first-order valence-electron chi connectivity index (χ1n) is 6.66. The van der Waals surface area contributed by atoms with Crippen molar-refractivity contribution in [2.75, 3.05) is 0 Å². The van der Waals surface area contributed by atoms with E-state index < -0.39 is 5.60 Å². The molecule has 0 amide bonds. The molecule has 1 saturated heterocycles. The summed E-state index contributed by atoms with van der Waals surface area (Å²) < 4.78 is 11.8. The van der Waals surface area contributed by atoms with Crippen LogP contribution in [-0.4, -0.2) is 23.8 Å². The van der Waals surface area contributed by atoms with Gasteiger partial charge in [-0.05, 0) is 51.4 Å². The summed E-state index contributed by atoms with van der Waals surface area (Å²) in [7, 11) is 0. The van der Waals surface area contributed by atoms with Gasteiger partial charge in [-0.25, -0.2) is 0 Å². The lowest BCUT2D eigenvalue weighted by atomic mass is 9.57. The Morgan fingerprint density at radius 3 is 2.47 bits per heavy atom. The van der Waals surface area contributed by atoms with Gasteiger partial charge in [0, 0.05) is 0 Å². The Hall–Kier alpha value is -0.570. The zero-order valence-electron chi connectivity index (χ0n) is 11.4. The van der Waals surface area contributed by atoms with Gasteiger partial charge >= 0.3 is 0 Å². The molecular weight excluding hydrogens is 216 g/mol. The maximum atomic E-state index is 10.8. The summed E-state index contributed by atoms with van der Waals surface area (Å²) in [4.78, 5) is 10.8. The van der Waals surface area contributed by atoms with Gasteiger partial charge in [0.1, 0.15) is 11.2 Å². The van der Waals surface area contributed by atoms with E-state index in [0.29, 0.717) is 6.47 Å². The molecule has 98 valence electrons. The van der Waals surface area contributed by atoms with E-state index in [1.54, 1.807) is 0 Å². The highest BCUT2D eigenvalue weighted by Crippen LogP contribution is 2.58. The summed E-state index contributed by atoms with van der Waals surface area (Å²) in [6, 6.07) is 0. The lowest BCUT2D eigenvalue weighted by molar-refractivity contribution is -0.246. The molecule has 3 nitrogen and oxygen atoms in total. The fourth-order valence-electron chi connectivity index (χ4n) is 4.00. The SMILES string of the molecule is CC1CCC2(O1)C(C)(C)CCCC2(C)OC=O. The number of carbonyl (C=O) groups is 1. The van der Waals surface area contributed by atoms with Crippen LogP contribution in [0.15, 0.2) is 0 Å². The van der Waals surface area contributed by atoms with Crippen LogP contribution in [0.5, 0.6) is 0 Å². The Labute approximate surface area is 104 Å². The summed E-state index contributed by atoms with van der Waals surface area (Å²) in [6.45, 7) is 9.24. The third-order valence-electron chi connectivity index (χ3n) is 5.02. The smallest absolute Gasteiger partial charge is 0.293 e.